The summed E-state index contributed by atoms with van der Waals surface area (Å²) in [6.07, 6.45) is -1.92. The zero-order chi connectivity index (χ0) is 26.0. The minimum Gasteiger partial charge on any atom is -0.475 e. The minimum absolute atomic E-state index is 0.120. The molecule has 0 radical (unpaired) electrons. The molecule has 3 aromatic rings. The number of piperidine rings is 1. The fourth-order valence-electron chi connectivity index (χ4n) is 4.36. The number of nitrogens with one attached hydrogen (secondary N) is 1. The lowest BCUT2D eigenvalue weighted by molar-refractivity contribution is -0.192. The van der Waals surface area contributed by atoms with Crippen LogP contribution in [0.25, 0.3) is 16.7 Å². The second-order valence-electron chi connectivity index (χ2n) is 8.52. The number of aromatic nitrogens is 3. The number of alkyl halides is 3. The van der Waals surface area contributed by atoms with Gasteiger partial charge in [-0.3, -0.25) is 14.3 Å². The highest BCUT2D eigenvalue weighted by molar-refractivity contribution is 6.04. The van der Waals surface area contributed by atoms with Crippen LogP contribution in [0.3, 0.4) is 0 Å². The van der Waals surface area contributed by atoms with Gasteiger partial charge in [0, 0.05) is 42.6 Å². The number of carboxylic acids is 1. The van der Waals surface area contributed by atoms with E-state index in [0.29, 0.717) is 24.6 Å². The van der Waals surface area contributed by atoms with E-state index in [-0.39, 0.29) is 29.7 Å². The van der Waals surface area contributed by atoms with Crippen LogP contribution < -0.4 is 5.56 Å². The number of hydrogen-bond acceptors (Lipinski definition) is 7. The third-order valence-electron chi connectivity index (χ3n) is 6.20. The largest absolute Gasteiger partial charge is 0.490 e. The number of ether oxygens (including phenoxy) is 2. The third kappa shape index (κ3) is 5.41. The predicted octanol–water partition coefficient (Wildman–Crippen LogP) is 2.37. The predicted molar refractivity (Wildman–Crippen MR) is 120 cm³/mol. The molecule has 0 saturated carbocycles. The first-order chi connectivity index (χ1) is 17.0. The molecule has 192 valence electrons. The molecule has 0 aliphatic carbocycles. The summed E-state index contributed by atoms with van der Waals surface area (Å²) < 4.78 is 45.1. The Morgan fingerprint density at radius 3 is 2.36 bits per heavy atom. The van der Waals surface area contributed by atoms with E-state index in [4.69, 9.17) is 19.4 Å². The van der Waals surface area contributed by atoms with Crippen LogP contribution in [0.5, 0.6) is 0 Å². The van der Waals surface area contributed by atoms with E-state index >= 15 is 0 Å². The molecule has 2 saturated heterocycles. The lowest BCUT2D eigenvalue weighted by Crippen LogP contribution is -2.56. The summed E-state index contributed by atoms with van der Waals surface area (Å²) in [7, 11) is 2.11. The molecular weight excluding hydrogens is 485 g/mol. The molecule has 2 fully saturated rings. The quantitative estimate of drug-likeness (QED) is 0.517. The topological polar surface area (TPSA) is 127 Å². The van der Waals surface area contributed by atoms with Crippen molar-refractivity contribution in [2.75, 3.05) is 20.3 Å². The van der Waals surface area contributed by atoms with E-state index in [1.807, 2.05) is 24.3 Å². The Morgan fingerprint density at radius 1 is 1.14 bits per heavy atom. The van der Waals surface area contributed by atoms with Gasteiger partial charge in [-0.25, -0.2) is 14.7 Å². The highest BCUT2D eigenvalue weighted by Crippen LogP contribution is 2.30. The number of halogens is 3. The van der Waals surface area contributed by atoms with Crippen molar-refractivity contribution < 1.29 is 37.3 Å². The van der Waals surface area contributed by atoms with Crippen LogP contribution in [0.4, 0.5) is 13.2 Å². The lowest BCUT2D eigenvalue weighted by atomic mass is 9.92. The van der Waals surface area contributed by atoms with Crippen molar-refractivity contribution in [3.05, 3.63) is 58.5 Å². The molecule has 2 aliphatic heterocycles. The Balaban J connectivity index is 0.000000384. The summed E-state index contributed by atoms with van der Waals surface area (Å²) in [5.41, 5.74) is 1.04. The summed E-state index contributed by atoms with van der Waals surface area (Å²) in [5.74, 6) is -2.56. The highest BCUT2D eigenvalue weighted by Gasteiger charge is 2.39. The molecule has 1 aromatic carbocycles. The van der Waals surface area contributed by atoms with Crippen molar-refractivity contribution in [1.82, 2.24) is 19.7 Å². The maximum Gasteiger partial charge on any atom is 0.490 e. The van der Waals surface area contributed by atoms with Gasteiger partial charge in [-0.2, -0.15) is 18.3 Å². The number of aromatic amines is 1. The fraction of sp³-hybridized carbons (Fsp3) is 0.391. The van der Waals surface area contributed by atoms with Gasteiger partial charge in [-0.05, 0) is 19.2 Å². The summed E-state index contributed by atoms with van der Waals surface area (Å²) in [4.78, 5) is 35.6. The van der Waals surface area contributed by atoms with Crippen LogP contribution >= 0.6 is 0 Å². The van der Waals surface area contributed by atoms with Crippen molar-refractivity contribution in [2.45, 2.75) is 37.2 Å². The normalized spacial score (nSPS) is 21.9. The van der Waals surface area contributed by atoms with Gasteiger partial charge in [0.15, 0.2) is 5.82 Å². The molecule has 13 heteroatoms. The molecule has 5 rings (SSSR count). The first-order valence-corrected chi connectivity index (χ1v) is 11.0. The molecule has 2 aromatic heterocycles. The van der Waals surface area contributed by atoms with E-state index < -0.39 is 12.1 Å². The van der Waals surface area contributed by atoms with Gasteiger partial charge in [0.2, 0.25) is 0 Å². The number of hydrogen-bond donors (Lipinski definition) is 2. The van der Waals surface area contributed by atoms with E-state index in [2.05, 4.69) is 22.1 Å². The summed E-state index contributed by atoms with van der Waals surface area (Å²) >= 11 is 0. The van der Waals surface area contributed by atoms with E-state index in [9.17, 15) is 22.8 Å². The lowest BCUT2D eigenvalue weighted by Gasteiger charge is -2.46. The number of carbonyl (C=O) groups excluding carboxylic acids is 1. The monoisotopic (exact) mass is 508 g/mol. The number of nitrogens with zero attached hydrogens (tertiary/aromatic N) is 3. The first-order valence-electron chi connectivity index (χ1n) is 11.0. The molecule has 0 amide bonds. The van der Waals surface area contributed by atoms with E-state index in [1.165, 1.54) is 6.07 Å². The van der Waals surface area contributed by atoms with Crippen molar-refractivity contribution in [2.24, 2.45) is 0 Å². The van der Waals surface area contributed by atoms with Gasteiger partial charge in [-0.1, -0.05) is 18.2 Å². The molecule has 4 heterocycles. The fourth-order valence-corrected chi connectivity index (χ4v) is 4.36. The zero-order valence-corrected chi connectivity index (χ0v) is 19.1. The Labute approximate surface area is 202 Å². The van der Waals surface area contributed by atoms with Crippen molar-refractivity contribution in [1.29, 1.82) is 0 Å². The Hall–Kier alpha value is -3.71. The van der Waals surface area contributed by atoms with Crippen LogP contribution in [-0.2, 0) is 14.3 Å². The molecule has 2 unspecified atom stereocenters. The van der Waals surface area contributed by atoms with Crippen LogP contribution in [0, 0.1) is 0 Å². The Bertz CT molecular complexity index is 1290. The second kappa shape index (κ2) is 10.1. The Kier molecular flexibility index (Phi) is 7.13. The van der Waals surface area contributed by atoms with Crippen molar-refractivity contribution >= 4 is 22.8 Å². The van der Waals surface area contributed by atoms with Gasteiger partial charge < -0.3 is 14.6 Å². The number of aliphatic carboxylic acids is 1. The number of morpholine rings is 1. The Morgan fingerprint density at radius 2 is 1.78 bits per heavy atom. The molecular formula is C23H23F3N4O6. The summed E-state index contributed by atoms with van der Waals surface area (Å²) in [6.45, 7) is 1.36. The number of rotatable bonds is 3. The van der Waals surface area contributed by atoms with E-state index in [1.54, 1.807) is 16.8 Å². The summed E-state index contributed by atoms with van der Waals surface area (Å²) in [5, 5.41) is 14.4. The minimum atomic E-state index is -5.08. The maximum atomic E-state index is 13.1. The average molecular weight is 508 g/mol. The molecule has 2 atom stereocenters. The van der Waals surface area contributed by atoms with Crippen LogP contribution in [0.15, 0.2) is 47.4 Å². The number of fused-ring (bicyclic) bond motifs is 3. The summed E-state index contributed by atoms with van der Waals surface area (Å²) in [6, 6.07) is 11.2. The number of likely N-dealkylation sites (N-methyl/N-ethyl adjacent to an activating group) is 1. The van der Waals surface area contributed by atoms with Gasteiger partial charge in [0.25, 0.3) is 5.56 Å². The van der Waals surface area contributed by atoms with Gasteiger partial charge in [-0.15, -0.1) is 0 Å². The maximum absolute atomic E-state index is 13.1. The molecule has 2 aliphatic rings. The van der Waals surface area contributed by atoms with Gasteiger partial charge in [0.1, 0.15) is 6.10 Å². The molecule has 2 bridgehead atoms. The van der Waals surface area contributed by atoms with Crippen LogP contribution in [0.1, 0.15) is 23.2 Å². The smallest absolute Gasteiger partial charge is 0.475 e. The number of H-pyrrole nitrogens is 1. The van der Waals surface area contributed by atoms with Crippen molar-refractivity contribution in [3.8, 4) is 5.82 Å². The van der Waals surface area contributed by atoms with E-state index in [0.717, 1.165) is 23.7 Å². The molecule has 36 heavy (non-hydrogen) atoms. The number of carboxylic acid groups (broad SMARTS) is 1. The highest BCUT2D eigenvalue weighted by atomic mass is 19.4. The SMILES string of the molecule is CN1C2COCC1CC(OC(=O)c1cn(-c3ccc(=O)[nH]n3)c3ccccc13)C2.O=C(O)C(F)(F)F. The van der Waals surface area contributed by atoms with Gasteiger partial charge in [0.05, 0.1) is 24.3 Å². The zero-order valence-electron chi connectivity index (χ0n) is 19.1. The number of para-hydroxylation sites is 1. The number of carbonyl (C=O) groups is 2. The first kappa shape index (κ1) is 25.4. The van der Waals surface area contributed by atoms with Crippen molar-refractivity contribution in [3.63, 3.8) is 0 Å². The third-order valence-corrected chi connectivity index (χ3v) is 6.20. The van der Waals surface area contributed by atoms with Gasteiger partial charge >= 0.3 is 18.1 Å². The van der Waals surface area contributed by atoms with Crippen LogP contribution in [-0.4, -0.2) is 81.3 Å². The number of benzene rings is 1. The van der Waals surface area contributed by atoms with Crippen LogP contribution in [0.2, 0.25) is 0 Å². The number of esters is 1. The molecule has 10 nitrogen and oxygen atoms in total. The molecule has 2 N–H and O–H groups in total. The second-order valence-corrected chi connectivity index (χ2v) is 8.52. The molecule has 0 spiro atoms. The standard InChI is InChI=1S/C21H22N4O4.C2HF3O2/c1-24-13-8-15(9-14(24)12-28-11-13)29-21(27)17-10-25(18-5-3-2-4-16(17)18)19-6-7-20(26)23-22-19;3-2(4,5)1(6)7/h2-7,10,13-15H,8-9,11-12H2,1H3,(H,23,26);(H,6,7). The average Bonchev–Trinajstić information content (AvgIpc) is 3.20.